The Bertz CT molecular complexity index is 441. The summed E-state index contributed by atoms with van der Waals surface area (Å²) in [6.45, 7) is 3.20. The fraction of sp³-hybridized carbons (Fsp3) is 0.375. The average Bonchev–Trinajstić information content (AvgIpc) is 2.12. The summed E-state index contributed by atoms with van der Waals surface area (Å²) in [7, 11) is 0. The minimum atomic E-state index is -0.969. The molecule has 1 amide bonds. The average molecular weight is 275 g/mol. The number of hydrogen-bond acceptors (Lipinski definition) is 4. The quantitative estimate of drug-likeness (QED) is 0.733. The molecule has 1 rings (SSSR count). The molecule has 0 unspecified atom stereocenters. The molecule has 6 nitrogen and oxygen atoms in total. The molecule has 1 heterocycles. The zero-order valence-corrected chi connectivity index (χ0v) is 9.88. The highest BCUT2D eigenvalue weighted by Gasteiger charge is 2.26. The second-order valence-electron chi connectivity index (χ2n) is 3.51. The maximum Gasteiger partial charge on any atom is 0.267 e. The number of H-pyrrole nitrogens is 1. The monoisotopic (exact) mass is 274 g/mol. The Morgan fingerprint density at radius 3 is 2.80 bits per heavy atom. The second-order valence-corrected chi connectivity index (χ2v) is 4.30. The van der Waals surface area contributed by atoms with Crippen LogP contribution in [0.4, 0.5) is 5.82 Å². The van der Waals surface area contributed by atoms with Gasteiger partial charge in [-0.15, -0.1) is 0 Å². The Labute approximate surface area is 94.4 Å². The van der Waals surface area contributed by atoms with Gasteiger partial charge in [0.25, 0.3) is 5.56 Å². The van der Waals surface area contributed by atoms with Gasteiger partial charge in [-0.05, 0) is 29.8 Å². The van der Waals surface area contributed by atoms with Crippen molar-refractivity contribution in [3.63, 3.8) is 0 Å². The van der Waals surface area contributed by atoms with Gasteiger partial charge in [-0.25, -0.2) is 4.98 Å². The summed E-state index contributed by atoms with van der Waals surface area (Å²) in [4.78, 5) is 28.5. The first-order valence-corrected chi connectivity index (χ1v) is 4.95. The number of aromatic amines is 1. The molecule has 0 fully saturated rings. The van der Waals surface area contributed by atoms with E-state index in [2.05, 4.69) is 31.2 Å². The molecule has 1 aromatic heterocycles. The molecule has 0 bridgehead atoms. The number of hydrogen-bond donors (Lipinski definition) is 3. The lowest BCUT2D eigenvalue weighted by molar-refractivity contribution is -0.121. The number of nitrogens with zero attached hydrogens (tertiary/aromatic N) is 1. The van der Waals surface area contributed by atoms with Crippen LogP contribution in [-0.4, -0.2) is 21.4 Å². The van der Waals surface area contributed by atoms with Gasteiger partial charge >= 0.3 is 0 Å². The summed E-state index contributed by atoms with van der Waals surface area (Å²) in [5.74, 6) is -0.251. The van der Waals surface area contributed by atoms with Gasteiger partial charge in [-0.3, -0.25) is 9.59 Å². The lowest BCUT2D eigenvalue weighted by Crippen LogP contribution is -2.45. The first-order chi connectivity index (χ1) is 6.84. The number of halogens is 1. The van der Waals surface area contributed by atoms with E-state index in [-0.39, 0.29) is 15.8 Å². The van der Waals surface area contributed by atoms with Crippen LogP contribution in [0, 0.1) is 0 Å². The lowest BCUT2D eigenvalue weighted by Gasteiger charge is -2.23. The third kappa shape index (κ3) is 2.56. The Hall–Kier alpha value is -1.37. The van der Waals surface area contributed by atoms with E-state index in [1.165, 1.54) is 6.33 Å². The molecule has 0 saturated carbocycles. The summed E-state index contributed by atoms with van der Waals surface area (Å²) in [5.41, 5.74) is 3.88. The molecule has 0 saturated heterocycles. The molecule has 0 radical (unpaired) electrons. The molecule has 1 aromatic rings. The largest absolute Gasteiger partial charge is 0.368 e. The first-order valence-electron chi connectivity index (χ1n) is 4.16. The maximum absolute atomic E-state index is 11.2. The van der Waals surface area contributed by atoms with Crippen molar-refractivity contribution in [1.29, 1.82) is 0 Å². The predicted octanol–water partition coefficient (Wildman–Crippen LogP) is 0.208. The van der Waals surface area contributed by atoms with Crippen molar-refractivity contribution in [1.82, 2.24) is 9.97 Å². The first kappa shape index (κ1) is 11.7. The summed E-state index contributed by atoms with van der Waals surface area (Å²) in [6.07, 6.45) is 1.24. The van der Waals surface area contributed by atoms with Crippen LogP contribution in [0.1, 0.15) is 13.8 Å². The van der Waals surface area contributed by atoms with Crippen LogP contribution in [0.15, 0.2) is 15.6 Å². The van der Waals surface area contributed by atoms with E-state index in [0.29, 0.717) is 0 Å². The Kier molecular flexibility index (Phi) is 3.13. The highest BCUT2D eigenvalue weighted by molar-refractivity contribution is 9.10. The molecular formula is C8H11BrN4O2. The fourth-order valence-electron chi connectivity index (χ4n) is 0.828. The molecule has 4 N–H and O–H groups in total. The van der Waals surface area contributed by atoms with E-state index >= 15 is 0 Å². The number of carbonyl (C=O) groups excluding carboxylic acids is 1. The zero-order chi connectivity index (χ0) is 11.6. The molecule has 7 heteroatoms. The van der Waals surface area contributed by atoms with Gasteiger partial charge in [-0.2, -0.15) is 0 Å². The maximum atomic E-state index is 11.2. The standard InChI is InChI=1S/C8H11BrN4O2/c1-8(2,7(10)15)13-5-4(9)6(14)12-3-11-5/h3H,1-2H3,(H2,10,15)(H2,11,12,13,14). The van der Waals surface area contributed by atoms with Gasteiger partial charge in [0.05, 0.1) is 6.33 Å². The Morgan fingerprint density at radius 1 is 1.67 bits per heavy atom. The van der Waals surface area contributed by atoms with Gasteiger partial charge in [0.1, 0.15) is 15.8 Å². The van der Waals surface area contributed by atoms with E-state index in [1.54, 1.807) is 13.8 Å². The van der Waals surface area contributed by atoms with Crippen molar-refractivity contribution in [2.24, 2.45) is 5.73 Å². The second kappa shape index (κ2) is 4.01. The molecule has 82 valence electrons. The summed E-state index contributed by atoms with van der Waals surface area (Å²) in [6, 6.07) is 0. The zero-order valence-electron chi connectivity index (χ0n) is 8.30. The minimum absolute atomic E-state index is 0.235. The molecule has 0 aromatic carbocycles. The predicted molar refractivity (Wildman–Crippen MR) is 59.5 cm³/mol. The number of anilines is 1. The fourth-order valence-corrected chi connectivity index (χ4v) is 1.14. The normalized spacial score (nSPS) is 11.1. The molecule has 0 spiro atoms. The van der Waals surface area contributed by atoms with Crippen molar-refractivity contribution >= 4 is 27.7 Å². The molecule has 0 atom stereocenters. The number of nitrogens with one attached hydrogen (secondary N) is 2. The number of rotatable bonds is 3. The van der Waals surface area contributed by atoms with Gasteiger partial charge < -0.3 is 16.0 Å². The van der Waals surface area contributed by atoms with Crippen molar-refractivity contribution in [2.75, 3.05) is 5.32 Å². The van der Waals surface area contributed by atoms with Crippen LogP contribution in [0.2, 0.25) is 0 Å². The van der Waals surface area contributed by atoms with E-state index in [4.69, 9.17) is 5.73 Å². The summed E-state index contributed by atoms with van der Waals surface area (Å²) < 4.78 is 0.235. The van der Waals surface area contributed by atoms with Crippen LogP contribution in [-0.2, 0) is 4.79 Å². The third-order valence-corrected chi connectivity index (χ3v) is 2.58. The Balaban J connectivity index is 3.05. The van der Waals surface area contributed by atoms with E-state index < -0.39 is 11.4 Å². The summed E-state index contributed by atoms with van der Waals surface area (Å²) >= 11 is 3.06. The van der Waals surface area contributed by atoms with Gasteiger partial charge in [-0.1, -0.05) is 0 Å². The van der Waals surface area contributed by atoms with Crippen molar-refractivity contribution < 1.29 is 4.79 Å². The third-order valence-electron chi connectivity index (χ3n) is 1.84. The highest BCUT2D eigenvalue weighted by atomic mass is 79.9. The minimum Gasteiger partial charge on any atom is -0.368 e. The van der Waals surface area contributed by atoms with Crippen LogP contribution in [0.5, 0.6) is 0 Å². The van der Waals surface area contributed by atoms with E-state index in [9.17, 15) is 9.59 Å². The Morgan fingerprint density at radius 2 is 2.27 bits per heavy atom. The molecule has 0 aliphatic rings. The van der Waals surface area contributed by atoms with Crippen molar-refractivity contribution in [3.8, 4) is 0 Å². The highest BCUT2D eigenvalue weighted by Crippen LogP contribution is 2.18. The SMILES string of the molecule is CC(C)(Nc1nc[nH]c(=O)c1Br)C(N)=O. The van der Waals surface area contributed by atoms with Crippen LogP contribution < -0.4 is 16.6 Å². The molecule has 0 aliphatic heterocycles. The van der Waals surface area contributed by atoms with Crippen LogP contribution in [0.3, 0.4) is 0 Å². The number of aromatic nitrogens is 2. The molecular weight excluding hydrogens is 264 g/mol. The number of amides is 1. The van der Waals surface area contributed by atoms with Gasteiger partial charge in [0.15, 0.2) is 0 Å². The molecule has 15 heavy (non-hydrogen) atoms. The van der Waals surface area contributed by atoms with Gasteiger partial charge in [0, 0.05) is 0 Å². The lowest BCUT2D eigenvalue weighted by atomic mass is 10.1. The number of carbonyl (C=O) groups is 1. The summed E-state index contributed by atoms with van der Waals surface area (Å²) in [5, 5.41) is 2.77. The van der Waals surface area contributed by atoms with Crippen molar-refractivity contribution in [3.05, 3.63) is 21.2 Å². The van der Waals surface area contributed by atoms with E-state index in [1.807, 2.05) is 0 Å². The van der Waals surface area contributed by atoms with Gasteiger partial charge in [0.2, 0.25) is 5.91 Å². The number of nitrogens with two attached hydrogens (primary N) is 1. The van der Waals surface area contributed by atoms with Crippen LogP contribution in [0.25, 0.3) is 0 Å². The molecule has 0 aliphatic carbocycles. The smallest absolute Gasteiger partial charge is 0.267 e. The van der Waals surface area contributed by atoms with E-state index in [0.717, 1.165) is 0 Å². The topological polar surface area (TPSA) is 101 Å². The van der Waals surface area contributed by atoms with Crippen LogP contribution >= 0.6 is 15.9 Å². The van der Waals surface area contributed by atoms with Crippen molar-refractivity contribution in [2.45, 2.75) is 19.4 Å². The number of primary amides is 1.